The van der Waals surface area contributed by atoms with Crippen molar-refractivity contribution in [2.24, 2.45) is 5.73 Å². The van der Waals surface area contributed by atoms with Gasteiger partial charge in [-0.25, -0.2) is 4.98 Å². The average Bonchev–Trinajstić information content (AvgIpc) is 2.17. The molecule has 10 heteroatoms. The fourth-order valence-corrected chi connectivity index (χ4v) is 1.63. The number of aromatic nitrogens is 1. The molecular weight excluding hydrogens is 381 g/mol. The molecule has 2 N–H and O–H groups in total. The summed E-state index contributed by atoms with van der Waals surface area (Å²) in [5.74, 6) is -0.948. The molecule has 1 rings (SSSR count). The summed E-state index contributed by atoms with van der Waals surface area (Å²) in [4.78, 5) is 3.15. The van der Waals surface area contributed by atoms with Gasteiger partial charge in [0.15, 0.2) is 0 Å². The van der Waals surface area contributed by atoms with Crippen LogP contribution in [0.4, 0.5) is 26.3 Å². The van der Waals surface area contributed by atoms with E-state index in [2.05, 4.69) is 9.72 Å². The molecule has 0 amide bonds. The number of halogens is 7. The van der Waals surface area contributed by atoms with Crippen LogP contribution < -0.4 is 10.5 Å². The maximum Gasteiger partial charge on any atom is 0.574 e. The highest BCUT2D eigenvalue weighted by Gasteiger charge is 2.37. The summed E-state index contributed by atoms with van der Waals surface area (Å²) in [6.07, 6.45) is -9.77. The van der Waals surface area contributed by atoms with E-state index in [9.17, 15) is 26.3 Å². The first kappa shape index (κ1) is 15.3. The van der Waals surface area contributed by atoms with Crippen molar-refractivity contribution < 1.29 is 31.1 Å². The number of hydrogen-bond acceptors (Lipinski definition) is 3. The smallest absolute Gasteiger partial charge is 0.387 e. The number of pyridine rings is 1. The van der Waals surface area contributed by atoms with E-state index in [0.717, 1.165) is 0 Å². The molecule has 0 spiro atoms. The fourth-order valence-electron chi connectivity index (χ4n) is 1.09. The molecule has 1 aromatic heterocycles. The van der Waals surface area contributed by atoms with Gasteiger partial charge >= 0.3 is 12.5 Å². The minimum atomic E-state index is -5.03. The van der Waals surface area contributed by atoms with Crippen LogP contribution in [-0.2, 0) is 12.7 Å². The number of nitrogens with zero attached hydrogens (tertiary/aromatic N) is 1. The predicted octanol–water partition coefficient (Wildman–Crippen LogP) is 3.06. The summed E-state index contributed by atoms with van der Waals surface area (Å²) < 4.78 is 76.6. The Morgan fingerprint density at radius 1 is 1.22 bits per heavy atom. The summed E-state index contributed by atoms with van der Waals surface area (Å²) >= 11 is 1.27. The van der Waals surface area contributed by atoms with E-state index >= 15 is 0 Å². The van der Waals surface area contributed by atoms with Crippen LogP contribution in [0.25, 0.3) is 0 Å². The largest absolute Gasteiger partial charge is 0.574 e. The highest BCUT2D eigenvalue weighted by molar-refractivity contribution is 14.1. The lowest BCUT2D eigenvalue weighted by atomic mass is 10.2. The Hall–Kier alpha value is -0.780. The molecule has 0 atom stereocenters. The van der Waals surface area contributed by atoms with Gasteiger partial charge in [-0.05, 0) is 28.7 Å². The van der Waals surface area contributed by atoms with Crippen LogP contribution in [0.1, 0.15) is 11.3 Å². The summed E-state index contributed by atoms with van der Waals surface area (Å²) in [6.45, 7) is -0.653. The normalized spacial score (nSPS) is 12.7. The maximum absolute atomic E-state index is 12.5. The van der Waals surface area contributed by atoms with Gasteiger partial charge in [-0.15, -0.1) is 13.2 Å². The van der Waals surface area contributed by atoms with Crippen molar-refractivity contribution in [2.75, 3.05) is 0 Å². The molecule has 0 aliphatic heterocycles. The van der Waals surface area contributed by atoms with Gasteiger partial charge in [0, 0.05) is 6.54 Å². The zero-order valence-electron chi connectivity index (χ0n) is 8.36. The van der Waals surface area contributed by atoms with E-state index in [4.69, 9.17) is 5.73 Å². The number of rotatable bonds is 2. The molecule has 102 valence electrons. The first-order chi connectivity index (χ1) is 8.04. The first-order valence-corrected chi connectivity index (χ1v) is 5.35. The summed E-state index contributed by atoms with van der Waals surface area (Å²) in [5.41, 5.74) is 3.15. The lowest BCUT2D eigenvalue weighted by molar-refractivity contribution is -0.276. The van der Waals surface area contributed by atoms with E-state index < -0.39 is 39.8 Å². The second kappa shape index (κ2) is 5.07. The number of hydrogen-bond donors (Lipinski definition) is 1. The van der Waals surface area contributed by atoms with Crippen LogP contribution in [0.15, 0.2) is 6.07 Å². The highest BCUT2D eigenvalue weighted by Crippen LogP contribution is 2.35. The van der Waals surface area contributed by atoms with Gasteiger partial charge < -0.3 is 10.5 Å². The summed E-state index contributed by atoms with van der Waals surface area (Å²) in [5, 5.41) is 0. The molecule has 0 aliphatic carbocycles. The van der Waals surface area contributed by atoms with Gasteiger partial charge in [-0.2, -0.15) is 13.2 Å². The highest BCUT2D eigenvalue weighted by atomic mass is 127. The van der Waals surface area contributed by atoms with Crippen LogP contribution in [0, 0.1) is 3.57 Å². The van der Waals surface area contributed by atoms with Crippen molar-refractivity contribution >= 4 is 22.6 Å². The lowest BCUT2D eigenvalue weighted by Crippen LogP contribution is -2.21. The number of nitrogens with two attached hydrogens (primary N) is 1. The van der Waals surface area contributed by atoms with Gasteiger partial charge in [0.25, 0.3) is 0 Å². The van der Waals surface area contributed by atoms with E-state index in [1.54, 1.807) is 0 Å². The fraction of sp³-hybridized carbons (Fsp3) is 0.375. The van der Waals surface area contributed by atoms with E-state index in [1.807, 2.05) is 0 Å². The van der Waals surface area contributed by atoms with E-state index in [1.165, 1.54) is 22.6 Å². The minimum Gasteiger partial charge on any atom is -0.387 e. The molecule has 0 saturated carbocycles. The lowest BCUT2D eigenvalue weighted by Gasteiger charge is -2.15. The Balaban J connectivity index is 3.27. The Bertz CT molecular complexity index is 444. The standard InChI is InChI=1S/C8H5F6IN2O/c9-7(10,11)3-1-4(15)6(17-5(3)2-16)18-8(12,13)14/h1H,2,16H2. The number of alkyl halides is 6. The molecule has 0 unspecified atom stereocenters. The van der Waals surface area contributed by atoms with Crippen molar-refractivity contribution in [3.63, 3.8) is 0 Å². The molecule has 3 nitrogen and oxygen atoms in total. The molecule has 0 aliphatic rings. The molecule has 0 saturated heterocycles. The molecule has 1 heterocycles. The van der Waals surface area contributed by atoms with Crippen LogP contribution in [0.2, 0.25) is 0 Å². The van der Waals surface area contributed by atoms with Crippen LogP contribution in [0.3, 0.4) is 0 Å². The van der Waals surface area contributed by atoms with Crippen LogP contribution >= 0.6 is 22.6 Å². The van der Waals surface area contributed by atoms with Gasteiger partial charge in [0.1, 0.15) is 0 Å². The van der Waals surface area contributed by atoms with Gasteiger partial charge in [-0.3, -0.25) is 0 Å². The monoisotopic (exact) mass is 386 g/mol. The van der Waals surface area contributed by atoms with Crippen molar-refractivity contribution in [1.29, 1.82) is 0 Å². The van der Waals surface area contributed by atoms with Gasteiger partial charge in [0.05, 0.1) is 14.8 Å². The molecule has 0 bridgehead atoms. The third-order valence-corrected chi connectivity index (χ3v) is 2.51. The summed E-state index contributed by atoms with van der Waals surface area (Å²) in [6, 6.07) is 0.511. The average molecular weight is 386 g/mol. The zero-order chi connectivity index (χ0) is 14.1. The first-order valence-electron chi connectivity index (χ1n) is 4.27. The third-order valence-electron chi connectivity index (χ3n) is 1.73. The second-order valence-electron chi connectivity index (χ2n) is 3.02. The van der Waals surface area contributed by atoms with Crippen molar-refractivity contribution in [3.8, 4) is 5.88 Å². The Labute approximate surface area is 110 Å². The van der Waals surface area contributed by atoms with Gasteiger partial charge in [0.2, 0.25) is 5.88 Å². The third kappa shape index (κ3) is 3.86. The Kier molecular flexibility index (Phi) is 4.30. The second-order valence-corrected chi connectivity index (χ2v) is 4.18. The van der Waals surface area contributed by atoms with Crippen molar-refractivity contribution in [2.45, 2.75) is 19.1 Å². The zero-order valence-corrected chi connectivity index (χ0v) is 10.5. The quantitative estimate of drug-likeness (QED) is 0.628. The predicted molar refractivity (Wildman–Crippen MR) is 56.5 cm³/mol. The summed E-state index contributed by atoms with van der Waals surface area (Å²) in [7, 11) is 0. The van der Waals surface area contributed by atoms with Crippen LogP contribution in [-0.4, -0.2) is 11.3 Å². The molecular formula is C8H5F6IN2O. The van der Waals surface area contributed by atoms with Crippen LogP contribution in [0.5, 0.6) is 5.88 Å². The minimum absolute atomic E-state index is 0.408. The van der Waals surface area contributed by atoms with Crippen molar-refractivity contribution in [3.05, 3.63) is 20.9 Å². The Morgan fingerprint density at radius 3 is 2.17 bits per heavy atom. The Morgan fingerprint density at radius 2 is 1.78 bits per heavy atom. The molecule has 0 radical (unpaired) electrons. The SMILES string of the molecule is NCc1nc(OC(F)(F)F)c(I)cc1C(F)(F)F. The molecule has 0 fully saturated rings. The molecule has 0 aromatic carbocycles. The van der Waals surface area contributed by atoms with Crippen molar-refractivity contribution in [1.82, 2.24) is 4.98 Å². The van der Waals surface area contributed by atoms with E-state index in [0.29, 0.717) is 6.07 Å². The molecule has 18 heavy (non-hydrogen) atoms. The maximum atomic E-state index is 12.5. The molecule has 1 aromatic rings. The van der Waals surface area contributed by atoms with E-state index in [-0.39, 0.29) is 0 Å². The number of ether oxygens (including phenoxy) is 1. The topological polar surface area (TPSA) is 48.1 Å². The van der Waals surface area contributed by atoms with Gasteiger partial charge in [-0.1, -0.05) is 0 Å².